The Morgan fingerprint density at radius 2 is 2.10 bits per heavy atom. The van der Waals surface area contributed by atoms with Crippen molar-refractivity contribution in [2.75, 3.05) is 11.9 Å². The van der Waals surface area contributed by atoms with Crippen molar-refractivity contribution in [3.05, 3.63) is 11.1 Å². The van der Waals surface area contributed by atoms with Crippen LogP contribution in [-0.2, 0) is 25.7 Å². The highest BCUT2D eigenvalue weighted by Gasteiger charge is 2.56. The van der Waals surface area contributed by atoms with Gasteiger partial charge in [0.1, 0.15) is 18.7 Å². The van der Waals surface area contributed by atoms with E-state index in [1.54, 1.807) is 5.38 Å². The minimum absolute atomic E-state index is 0.0760. The Morgan fingerprint density at radius 3 is 2.76 bits per heavy atom. The van der Waals surface area contributed by atoms with Gasteiger partial charge < -0.3 is 15.4 Å². The van der Waals surface area contributed by atoms with Crippen molar-refractivity contribution in [3.63, 3.8) is 0 Å². The van der Waals surface area contributed by atoms with Crippen LogP contribution in [0.2, 0.25) is 0 Å². The first kappa shape index (κ1) is 21.2. The highest BCUT2D eigenvalue weighted by Crippen LogP contribution is 2.46. The Kier molecular flexibility index (Phi) is 5.66. The minimum Gasteiger partial charge on any atom is -0.458 e. The lowest BCUT2D eigenvalue weighted by molar-refractivity contribution is -0.149. The Balaban J connectivity index is 1.59. The fourth-order valence-corrected chi connectivity index (χ4v) is 5.30. The molecule has 1 saturated carbocycles. The molecular weight excluding hydrogens is 396 g/mol. The van der Waals surface area contributed by atoms with Crippen LogP contribution >= 0.6 is 11.3 Å². The van der Waals surface area contributed by atoms with Gasteiger partial charge in [-0.3, -0.25) is 19.3 Å². The van der Waals surface area contributed by atoms with Crippen LogP contribution in [0.3, 0.4) is 0 Å². The molecule has 3 rings (SSSR count). The minimum atomic E-state index is -0.944. The summed E-state index contributed by atoms with van der Waals surface area (Å²) in [4.78, 5) is 53.8. The van der Waals surface area contributed by atoms with Crippen molar-refractivity contribution in [1.29, 1.82) is 0 Å². The molecule has 2 heterocycles. The largest absolute Gasteiger partial charge is 0.458 e. The molecule has 0 aromatic carbocycles. The highest BCUT2D eigenvalue weighted by atomic mass is 32.1. The van der Waals surface area contributed by atoms with E-state index in [0.717, 1.165) is 11.3 Å². The van der Waals surface area contributed by atoms with Crippen LogP contribution in [0.1, 0.15) is 52.7 Å². The molecule has 1 aromatic rings. The number of esters is 1. The average molecular weight is 423 g/mol. The van der Waals surface area contributed by atoms with Gasteiger partial charge in [0, 0.05) is 12.3 Å². The van der Waals surface area contributed by atoms with Crippen LogP contribution in [-0.4, -0.2) is 45.8 Å². The summed E-state index contributed by atoms with van der Waals surface area (Å²) in [5.74, 6) is -1.00. The number of thiazole rings is 1. The highest BCUT2D eigenvalue weighted by molar-refractivity contribution is 7.13. The van der Waals surface area contributed by atoms with Crippen molar-refractivity contribution in [2.45, 2.75) is 59.1 Å². The number of anilines is 1. The van der Waals surface area contributed by atoms with Crippen LogP contribution < -0.4 is 10.6 Å². The summed E-state index contributed by atoms with van der Waals surface area (Å²) >= 11 is 1.21. The third kappa shape index (κ3) is 4.75. The molecule has 2 N–H and O–H groups in total. The summed E-state index contributed by atoms with van der Waals surface area (Å²) in [5.41, 5.74) is -0.544. The lowest BCUT2D eigenvalue weighted by Gasteiger charge is -2.43. The van der Waals surface area contributed by atoms with Gasteiger partial charge in [0.25, 0.3) is 5.91 Å². The number of urea groups is 1. The van der Waals surface area contributed by atoms with Crippen molar-refractivity contribution in [3.8, 4) is 0 Å². The van der Waals surface area contributed by atoms with E-state index in [4.69, 9.17) is 4.74 Å². The van der Waals surface area contributed by atoms with E-state index in [-0.39, 0.29) is 29.8 Å². The Labute approximate surface area is 173 Å². The lowest BCUT2D eigenvalue weighted by atomic mass is 9.64. The van der Waals surface area contributed by atoms with E-state index in [1.165, 1.54) is 18.3 Å². The summed E-state index contributed by atoms with van der Waals surface area (Å²) in [5, 5.41) is 7.45. The van der Waals surface area contributed by atoms with Crippen LogP contribution in [0.15, 0.2) is 5.38 Å². The molecule has 1 spiro atoms. The molecule has 2 fully saturated rings. The molecule has 10 heteroatoms. The molecule has 1 aromatic heterocycles. The predicted octanol–water partition coefficient (Wildman–Crippen LogP) is 2.28. The van der Waals surface area contributed by atoms with Crippen LogP contribution in [0, 0.1) is 11.3 Å². The number of nitrogens with one attached hydrogen (secondary N) is 2. The zero-order valence-electron chi connectivity index (χ0n) is 17.0. The molecule has 0 radical (unpaired) electrons. The zero-order chi connectivity index (χ0) is 21.4. The Hall–Kier alpha value is -2.49. The van der Waals surface area contributed by atoms with Gasteiger partial charge >= 0.3 is 12.0 Å². The van der Waals surface area contributed by atoms with Gasteiger partial charge in [-0.2, -0.15) is 0 Å². The third-order valence-corrected chi connectivity index (χ3v) is 5.93. The fourth-order valence-electron chi connectivity index (χ4n) is 4.56. The number of hydrogen-bond acceptors (Lipinski definition) is 7. The molecule has 158 valence electrons. The summed E-state index contributed by atoms with van der Waals surface area (Å²) < 4.78 is 5.16. The number of rotatable bonds is 5. The monoisotopic (exact) mass is 422 g/mol. The number of hydrogen-bond donors (Lipinski definition) is 2. The molecule has 1 aliphatic carbocycles. The van der Waals surface area contributed by atoms with Gasteiger partial charge in [-0.05, 0) is 30.6 Å². The van der Waals surface area contributed by atoms with E-state index < -0.39 is 24.1 Å². The molecule has 29 heavy (non-hydrogen) atoms. The second-order valence-corrected chi connectivity index (χ2v) is 9.60. The molecule has 4 amide bonds. The normalized spacial score (nSPS) is 25.8. The van der Waals surface area contributed by atoms with E-state index >= 15 is 0 Å². The van der Waals surface area contributed by atoms with E-state index in [0.29, 0.717) is 23.7 Å². The van der Waals surface area contributed by atoms with Gasteiger partial charge in [-0.1, -0.05) is 20.8 Å². The zero-order valence-corrected chi connectivity index (χ0v) is 17.9. The first-order valence-electron chi connectivity index (χ1n) is 9.51. The summed E-state index contributed by atoms with van der Waals surface area (Å²) in [6.07, 6.45) is 2.09. The summed E-state index contributed by atoms with van der Waals surface area (Å²) in [7, 11) is 0. The van der Waals surface area contributed by atoms with E-state index in [2.05, 4.69) is 36.4 Å². The van der Waals surface area contributed by atoms with Gasteiger partial charge in [0.05, 0.1) is 5.69 Å². The smallest absolute Gasteiger partial charge is 0.326 e. The first-order valence-corrected chi connectivity index (χ1v) is 10.4. The average Bonchev–Trinajstić information content (AvgIpc) is 3.09. The van der Waals surface area contributed by atoms with E-state index in [1.807, 2.05) is 0 Å². The van der Waals surface area contributed by atoms with E-state index in [9.17, 15) is 19.2 Å². The van der Waals surface area contributed by atoms with Gasteiger partial charge in [0.15, 0.2) is 5.13 Å². The third-order valence-electron chi connectivity index (χ3n) is 5.13. The van der Waals surface area contributed by atoms with Crippen molar-refractivity contribution in [1.82, 2.24) is 15.2 Å². The standard InChI is InChI=1S/C19H26N4O5S/c1-11-5-18(3,4)10-19(6-11)15(26)23(17(27)22-19)7-14(25)28-8-13-9-29-16(21-13)20-12(2)24/h9,11H,5-8,10H2,1-4H3,(H,22,27)(H,20,21,24)/t11-,19+/m1/s1. The van der Waals surface area contributed by atoms with Crippen molar-refractivity contribution in [2.24, 2.45) is 11.3 Å². The molecule has 0 unspecified atom stereocenters. The second kappa shape index (κ2) is 7.74. The number of amides is 4. The quantitative estimate of drug-likeness (QED) is 0.555. The maximum Gasteiger partial charge on any atom is 0.326 e. The lowest BCUT2D eigenvalue weighted by Crippen LogP contribution is -2.54. The molecule has 1 aliphatic heterocycles. The number of nitrogens with zero attached hydrogens (tertiary/aromatic N) is 2. The summed E-state index contributed by atoms with van der Waals surface area (Å²) in [6, 6.07) is -0.557. The number of imide groups is 1. The van der Waals surface area contributed by atoms with Crippen LogP contribution in [0.25, 0.3) is 0 Å². The first-order chi connectivity index (χ1) is 13.5. The predicted molar refractivity (Wildman–Crippen MR) is 106 cm³/mol. The van der Waals surface area contributed by atoms with Crippen LogP contribution in [0.5, 0.6) is 0 Å². The van der Waals surface area contributed by atoms with Gasteiger partial charge in [-0.15, -0.1) is 11.3 Å². The molecule has 2 aliphatic rings. The number of carbonyl (C=O) groups is 4. The number of aromatic nitrogens is 1. The Bertz CT molecular complexity index is 851. The number of ether oxygens (including phenoxy) is 1. The molecule has 9 nitrogen and oxygen atoms in total. The molecular formula is C19H26N4O5S. The molecule has 0 bridgehead atoms. The topological polar surface area (TPSA) is 118 Å². The number of carbonyl (C=O) groups excluding carboxylic acids is 4. The van der Waals surface area contributed by atoms with Crippen LogP contribution in [0.4, 0.5) is 9.93 Å². The second-order valence-electron chi connectivity index (χ2n) is 8.74. The Morgan fingerprint density at radius 1 is 1.38 bits per heavy atom. The molecule has 1 saturated heterocycles. The van der Waals surface area contributed by atoms with Gasteiger partial charge in [0.2, 0.25) is 5.91 Å². The molecule has 2 atom stereocenters. The van der Waals surface area contributed by atoms with Crippen molar-refractivity contribution < 1.29 is 23.9 Å². The fraction of sp³-hybridized carbons (Fsp3) is 0.632. The maximum absolute atomic E-state index is 13.0. The SMILES string of the molecule is CC(=O)Nc1nc(COC(=O)CN2C(=O)N[C@]3(C[C@H](C)CC(C)(C)C3)C2=O)cs1. The summed E-state index contributed by atoms with van der Waals surface area (Å²) in [6.45, 7) is 7.08. The van der Waals surface area contributed by atoms with Crippen molar-refractivity contribution >= 4 is 40.3 Å². The van der Waals surface area contributed by atoms with Gasteiger partial charge in [-0.25, -0.2) is 9.78 Å². The maximum atomic E-state index is 13.0.